The molecule has 4 nitrogen and oxygen atoms in total. The molecule has 1 aliphatic heterocycles. The number of carbonyl (C=O) groups is 1. The summed E-state index contributed by atoms with van der Waals surface area (Å²) in [4.78, 5) is 14.4. The topological polar surface area (TPSA) is 41.6 Å². The molecule has 2 fully saturated rings. The van der Waals surface area contributed by atoms with Crippen molar-refractivity contribution in [3.63, 3.8) is 0 Å². The fourth-order valence-corrected chi connectivity index (χ4v) is 2.88. The Morgan fingerprint density at radius 1 is 1.40 bits per heavy atom. The molecule has 2 aliphatic rings. The highest BCUT2D eigenvalue weighted by atomic mass is 16.5. The first-order valence-corrected chi connectivity index (χ1v) is 7.45. The van der Waals surface area contributed by atoms with Crippen molar-refractivity contribution in [1.29, 1.82) is 0 Å². The standard InChI is InChI=1S/C16H22N2O2/c1-20-14-5-2-4-12(10-14)15-6-3-9-18(15)16(19)11-17-13-7-8-13/h2,4-5,10,13,15,17H,3,6-9,11H2,1H3. The summed E-state index contributed by atoms with van der Waals surface area (Å²) >= 11 is 0. The van der Waals surface area contributed by atoms with Gasteiger partial charge in [0.15, 0.2) is 0 Å². The van der Waals surface area contributed by atoms with E-state index in [4.69, 9.17) is 4.74 Å². The van der Waals surface area contributed by atoms with E-state index >= 15 is 0 Å². The van der Waals surface area contributed by atoms with Gasteiger partial charge in [0.1, 0.15) is 5.75 Å². The van der Waals surface area contributed by atoms with Crippen molar-refractivity contribution in [3.8, 4) is 5.75 Å². The van der Waals surface area contributed by atoms with Crippen LogP contribution in [0.2, 0.25) is 0 Å². The number of rotatable bonds is 5. The van der Waals surface area contributed by atoms with E-state index in [2.05, 4.69) is 11.4 Å². The normalized spacial score (nSPS) is 22.1. The lowest BCUT2D eigenvalue weighted by molar-refractivity contribution is -0.131. The van der Waals surface area contributed by atoms with Gasteiger partial charge in [-0.05, 0) is 43.4 Å². The molecule has 1 saturated carbocycles. The molecule has 20 heavy (non-hydrogen) atoms. The average molecular weight is 274 g/mol. The molecule has 1 saturated heterocycles. The van der Waals surface area contributed by atoms with Gasteiger partial charge in [0, 0.05) is 12.6 Å². The molecule has 0 bridgehead atoms. The van der Waals surface area contributed by atoms with E-state index in [9.17, 15) is 4.79 Å². The van der Waals surface area contributed by atoms with Gasteiger partial charge >= 0.3 is 0 Å². The Kier molecular flexibility index (Phi) is 3.92. The van der Waals surface area contributed by atoms with E-state index in [1.807, 2.05) is 23.1 Å². The fraction of sp³-hybridized carbons (Fsp3) is 0.562. The second-order valence-corrected chi connectivity index (χ2v) is 5.68. The highest BCUT2D eigenvalue weighted by Crippen LogP contribution is 2.33. The number of nitrogens with one attached hydrogen (secondary N) is 1. The van der Waals surface area contributed by atoms with Gasteiger partial charge in [0.05, 0.1) is 19.7 Å². The molecule has 1 N–H and O–H groups in total. The minimum atomic E-state index is 0.207. The van der Waals surface area contributed by atoms with Gasteiger partial charge in [-0.25, -0.2) is 0 Å². The maximum Gasteiger partial charge on any atom is 0.237 e. The fourth-order valence-electron chi connectivity index (χ4n) is 2.88. The van der Waals surface area contributed by atoms with E-state index in [0.717, 1.165) is 25.1 Å². The monoisotopic (exact) mass is 274 g/mol. The second kappa shape index (κ2) is 5.83. The number of carbonyl (C=O) groups excluding carboxylic acids is 1. The van der Waals surface area contributed by atoms with Crippen molar-refractivity contribution in [1.82, 2.24) is 10.2 Å². The van der Waals surface area contributed by atoms with Crippen LogP contribution in [0.4, 0.5) is 0 Å². The highest BCUT2D eigenvalue weighted by molar-refractivity contribution is 5.79. The first-order valence-electron chi connectivity index (χ1n) is 7.45. The summed E-state index contributed by atoms with van der Waals surface area (Å²) in [7, 11) is 1.68. The molecule has 1 aromatic rings. The van der Waals surface area contributed by atoms with Crippen molar-refractivity contribution in [2.75, 3.05) is 20.2 Å². The first-order chi connectivity index (χ1) is 9.78. The Morgan fingerprint density at radius 2 is 2.25 bits per heavy atom. The summed E-state index contributed by atoms with van der Waals surface area (Å²) in [6.07, 6.45) is 4.55. The van der Waals surface area contributed by atoms with Crippen LogP contribution in [0.15, 0.2) is 24.3 Å². The molecule has 1 atom stereocenters. The van der Waals surface area contributed by atoms with Crippen molar-refractivity contribution in [2.24, 2.45) is 0 Å². The number of likely N-dealkylation sites (tertiary alicyclic amines) is 1. The van der Waals surface area contributed by atoms with Gasteiger partial charge < -0.3 is 15.0 Å². The van der Waals surface area contributed by atoms with Crippen molar-refractivity contribution >= 4 is 5.91 Å². The van der Waals surface area contributed by atoms with E-state index in [-0.39, 0.29) is 11.9 Å². The van der Waals surface area contributed by atoms with Crippen LogP contribution in [0.1, 0.15) is 37.3 Å². The third kappa shape index (κ3) is 2.96. The molecule has 1 amide bonds. The quantitative estimate of drug-likeness (QED) is 0.894. The van der Waals surface area contributed by atoms with E-state index in [1.165, 1.54) is 18.4 Å². The molecule has 1 unspecified atom stereocenters. The largest absolute Gasteiger partial charge is 0.497 e. The Hall–Kier alpha value is -1.55. The summed E-state index contributed by atoms with van der Waals surface area (Å²) in [6, 6.07) is 8.87. The number of methoxy groups -OCH3 is 1. The van der Waals surface area contributed by atoms with Gasteiger partial charge in [-0.1, -0.05) is 12.1 Å². The van der Waals surface area contributed by atoms with Crippen LogP contribution in [0.25, 0.3) is 0 Å². The van der Waals surface area contributed by atoms with Gasteiger partial charge in [0.25, 0.3) is 0 Å². The number of amides is 1. The smallest absolute Gasteiger partial charge is 0.237 e. The lowest BCUT2D eigenvalue weighted by atomic mass is 10.0. The molecule has 0 spiro atoms. The number of hydrogen-bond donors (Lipinski definition) is 1. The SMILES string of the molecule is COc1cccc(C2CCCN2C(=O)CNC2CC2)c1. The zero-order chi connectivity index (χ0) is 13.9. The Morgan fingerprint density at radius 3 is 3.00 bits per heavy atom. The summed E-state index contributed by atoms with van der Waals surface area (Å²) in [5.41, 5.74) is 1.18. The molecule has 0 radical (unpaired) electrons. The zero-order valence-corrected chi connectivity index (χ0v) is 12.0. The summed E-state index contributed by atoms with van der Waals surface area (Å²) in [5.74, 6) is 1.08. The predicted octanol–water partition coefficient (Wildman–Crippen LogP) is 2.11. The van der Waals surface area contributed by atoms with Gasteiger partial charge in [-0.15, -0.1) is 0 Å². The predicted molar refractivity (Wildman–Crippen MR) is 77.7 cm³/mol. The highest BCUT2D eigenvalue weighted by Gasteiger charge is 2.31. The van der Waals surface area contributed by atoms with Crippen LogP contribution in [-0.4, -0.2) is 37.0 Å². The number of nitrogens with zero attached hydrogens (tertiary/aromatic N) is 1. The zero-order valence-electron chi connectivity index (χ0n) is 12.0. The Balaban J connectivity index is 1.68. The molecular formula is C16H22N2O2. The Labute approximate surface area is 120 Å². The lowest BCUT2D eigenvalue weighted by Crippen LogP contribution is -2.38. The summed E-state index contributed by atoms with van der Waals surface area (Å²) < 4.78 is 5.28. The molecule has 0 aromatic heterocycles. The first kappa shape index (κ1) is 13.4. The van der Waals surface area contributed by atoms with E-state index < -0.39 is 0 Å². The van der Waals surface area contributed by atoms with Crippen molar-refractivity contribution in [3.05, 3.63) is 29.8 Å². The van der Waals surface area contributed by atoms with Crippen LogP contribution < -0.4 is 10.1 Å². The van der Waals surface area contributed by atoms with Crippen molar-refractivity contribution in [2.45, 2.75) is 37.8 Å². The molecule has 1 aliphatic carbocycles. The molecule has 4 heteroatoms. The van der Waals surface area contributed by atoms with Gasteiger partial charge in [0.2, 0.25) is 5.91 Å². The third-order valence-corrected chi connectivity index (χ3v) is 4.17. The minimum absolute atomic E-state index is 0.207. The Bertz CT molecular complexity index is 485. The molecular weight excluding hydrogens is 252 g/mol. The van der Waals surface area contributed by atoms with Crippen LogP contribution in [-0.2, 0) is 4.79 Å². The maximum atomic E-state index is 12.3. The molecule has 3 rings (SSSR count). The lowest BCUT2D eigenvalue weighted by Gasteiger charge is -2.25. The maximum absolute atomic E-state index is 12.3. The summed E-state index contributed by atoms with van der Waals surface area (Å²) in [6.45, 7) is 1.35. The molecule has 1 aromatic carbocycles. The molecule has 108 valence electrons. The number of hydrogen-bond acceptors (Lipinski definition) is 3. The van der Waals surface area contributed by atoms with Crippen LogP contribution in [0, 0.1) is 0 Å². The van der Waals surface area contributed by atoms with Crippen LogP contribution in [0.3, 0.4) is 0 Å². The number of benzene rings is 1. The second-order valence-electron chi connectivity index (χ2n) is 5.68. The minimum Gasteiger partial charge on any atom is -0.497 e. The van der Waals surface area contributed by atoms with Crippen LogP contribution >= 0.6 is 0 Å². The van der Waals surface area contributed by atoms with Crippen molar-refractivity contribution < 1.29 is 9.53 Å². The number of ether oxygens (including phenoxy) is 1. The summed E-state index contributed by atoms with van der Waals surface area (Å²) in [5, 5.41) is 3.31. The van der Waals surface area contributed by atoms with Gasteiger partial charge in [-0.2, -0.15) is 0 Å². The van der Waals surface area contributed by atoms with Gasteiger partial charge in [-0.3, -0.25) is 4.79 Å². The van der Waals surface area contributed by atoms with E-state index in [0.29, 0.717) is 12.6 Å². The van der Waals surface area contributed by atoms with Crippen LogP contribution in [0.5, 0.6) is 5.75 Å². The average Bonchev–Trinajstić information content (AvgIpc) is 3.19. The third-order valence-electron chi connectivity index (χ3n) is 4.17. The molecule has 1 heterocycles. The van der Waals surface area contributed by atoms with E-state index in [1.54, 1.807) is 7.11 Å².